The molecule has 1 aliphatic rings. The second kappa shape index (κ2) is 13.1. The number of carbonyl (C=O) groups excluding carboxylic acids is 2. The lowest BCUT2D eigenvalue weighted by molar-refractivity contribution is -0.118. The first-order valence-corrected chi connectivity index (χ1v) is 14.2. The SMILES string of the molecule is CCc1ccc(-c2ccc(CN3CCC(CNC)(n4cc(C(N)=O)c(NC(=O)C(C#N)CC)n4)C(F)C3)cc2O)cc1. The van der Waals surface area contributed by atoms with E-state index in [4.69, 9.17) is 5.73 Å². The maximum atomic E-state index is 16.2. The Bertz CT molecular complexity index is 1470. The average molecular weight is 576 g/mol. The highest BCUT2D eigenvalue weighted by molar-refractivity contribution is 6.02. The number of alkyl halides is 1. The molecule has 3 aromatic rings. The van der Waals surface area contributed by atoms with Crippen LogP contribution >= 0.6 is 0 Å². The van der Waals surface area contributed by atoms with Gasteiger partial charge in [-0.25, -0.2) is 4.39 Å². The van der Waals surface area contributed by atoms with Crippen LogP contribution in [0.4, 0.5) is 10.2 Å². The van der Waals surface area contributed by atoms with Crippen molar-refractivity contribution in [3.05, 3.63) is 65.4 Å². The van der Waals surface area contributed by atoms with Gasteiger partial charge in [0.25, 0.3) is 5.91 Å². The molecular formula is C31H38FN7O3. The number of halogens is 1. The number of phenols is 1. The number of hydrogen-bond donors (Lipinski definition) is 4. The van der Waals surface area contributed by atoms with Crippen LogP contribution in [0, 0.1) is 17.2 Å². The summed E-state index contributed by atoms with van der Waals surface area (Å²) in [6.07, 6.45) is 1.56. The van der Waals surface area contributed by atoms with Gasteiger partial charge in [-0.15, -0.1) is 0 Å². The fraction of sp³-hybridized carbons (Fsp3) is 0.419. The highest BCUT2D eigenvalue weighted by atomic mass is 19.1. The van der Waals surface area contributed by atoms with E-state index in [1.807, 2.05) is 47.4 Å². The Morgan fingerprint density at radius 2 is 1.95 bits per heavy atom. The number of likely N-dealkylation sites (N-methyl/N-ethyl adjacent to an activating group) is 1. The maximum Gasteiger partial charge on any atom is 0.254 e. The van der Waals surface area contributed by atoms with Crippen LogP contribution in [0.25, 0.3) is 11.1 Å². The number of hydrogen-bond acceptors (Lipinski definition) is 7. The number of amides is 2. The zero-order valence-corrected chi connectivity index (χ0v) is 24.2. The number of aromatic nitrogens is 2. The number of likely N-dealkylation sites (tertiary alicyclic amines) is 1. The van der Waals surface area contributed by atoms with Gasteiger partial charge in [0.15, 0.2) is 5.82 Å². The van der Waals surface area contributed by atoms with Crippen molar-refractivity contribution >= 4 is 17.6 Å². The number of nitriles is 1. The molecule has 11 heteroatoms. The van der Waals surface area contributed by atoms with Gasteiger partial charge in [0.05, 0.1) is 6.07 Å². The Hall–Kier alpha value is -4.27. The Kier molecular flexibility index (Phi) is 9.60. The van der Waals surface area contributed by atoms with E-state index in [0.29, 0.717) is 19.5 Å². The van der Waals surface area contributed by atoms with Gasteiger partial charge in [-0.05, 0) is 49.1 Å². The molecule has 1 saturated heterocycles. The summed E-state index contributed by atoms with van der Waals surface area (Å²) in [5.74, 6) is -2.27. The Morgan fingerprint density at radius 3 is 2.52 bits per heavy atom. The largest absolute Gasteiger partial charge is 0.507 e. The van der Waals surface area contributed by atoms with Gasteiger partial charge in [0.2, 0.25) is 5.91 Å². The molecule has 0 aliphatic carbocycles. The van der Waals surface area contributed by atoms with Gasteiger partial charge in [-0.2, -0.15) is 10.4 Å². The second-order valence-corrected chi connectivity index (χ2v) is 10.8. The van der Waals surface area contributed by atoms with E-state index >= 15 is 4.39 Å². The summed E-state index contributed by atoms with van der Waals surface area (Å²) in [5.41, 5.74) is 8.11. The van der Waals surface area contributed by atoms with Gasteiger partial charge >= 0.3 is 0 Å². The maximum absolute atomic E-state index is 16.2. The van der Waals surface area contributed by atoms with E-state index in [2.05, 4.69) is 22.7 Å². The molecule has 2 heterocycles. The number of nitrogens with two attached hydrogens (primary N) is 1. The fourth-order valence-corrected chi connectivity index (χ4v) is 5.50. The quantitative estimate of drug-likeness (QED) is 0.273. The first-order chi connectivity index (χ1) is 20.1. The van der Waals surface area contributed by atoms with Gasteiger partial charge < -0.3 is 21.5 Å². The molecule has 4 rings (SSSR count). The summed E-state index contributed by atoms with van der Waals surface area (Å²) < 4.78 is 17.5. The normalized spacial score (nSPS) is 19.6. The number of aromatic hydroxyl groups is 1. The number of rotatable bonds is 11. The third-order valence-corrected chi connectivity index (χ3v) is 8.05. The molecule has 222 valence electrons. The van der Waals surface area contributed by atoms with E-state index in [-0.39, 0.29) is 36.6 Å². The minimum atomic E-state index is -1.39. The molecule has 0 radical (unpaired) electrons. The average Bonchev–Trinajstić information content (AvgIpc) is 3.40. The summed E-state index contributed by atoms with van der Waals surface area (Å²) in [6, 6.07) is 15.5. The van der Waals surface area contributed by atoms with Crippen LogP contribution in [-0.4, -0.2) is 64.5 Å². The molecule has 3 atom stereocenters. The van der Waals surface area contributed by atoms with Crippen LogP contribution in [0.2, 0.25) is 0 Å². The van der Waals surface area contributed by atoms with Gasteiger partial charge in [-0.3, -0.25) is 19.2 Å². The number of primary amides is 1. The van der Waals surface area contributed by atoms with Gasteiger partial charge in [-0.1, -0.05) is 50.2 Å². The summed E-state index contributed by atoms with van der Waals surface area (Å²) in [5, 5.41) is 30.0. The van der Waals surface area contributed by atoms with Crippen molar-refractivity contribution in [3.8, 4) is 22.9 Å². The minimum absolute atomic E-state index is 0.0545. The van der Waals surface area contributed by atoms with Crippen LogP contribution in [0.1, 0.15) is 48.2 Å². The number of piperidine rings is 1. The zero-order chi connectivity index (χ0) is 30.4. The Balaban J connectivity index is 1.52. The van der Waals surface area contributed by atoms with Crippen LogP contribution in [0.3, 0.4) is 0 Å². The summed E-state index contributed by atoms with van der Waals surface area (Å²) in [4.78, 5) is 26.7. The molecule has 2 amide bonds. The number of benzene rings is 2. The molecule has 10 nitrogen and oxygen atoms in total. The molecule has 2 aromatic carbocycles. The van der Waals surface area contributed by atoms with Crippen LogP contribution in [0.15, 0.2) is 48.7 Å². The van der Waals surface area contributed by atoms with Gasteiger partial charge in [0, 0.05) is 37.9 Å². The van der Waals surface area contributed by atoms with Crippen LogP contribution < -0.4 is 16.4 Å². The predicted octanol–water partition coefficient (Wildman–Crippen LogP) is 3.56. The summed E-state index contributed by atoms with van der Waals surface area (Å²) in [7, 11) is 1.71. The van der Waals surface area contributed by atoms with Crippen molar-refractivity contribution in [2.75, 3.05) is 32.0 Å². The van der Waals surface area contributed by atoms with E-state index in [1.165, 1.54) is 16.4 Å². The standard InChI is InChI=1S/C31H38FN7O3/c1-4-20-6-9-23(10-7-20)24-11-8-21(14-26(24)40)16-38-13-12-31(19-35-3,27(32)18-38)39-17-25(28(34)41)29(37-39)36-30(42)22(5-2)15-33/h6-11,14,17,22,27,35,40H,4-5,12-13,16,18-19H2,1-3H3,(H2,34,41)(H,36,37,42). The summed E-state index contributed by atoms with van der Waals surface area (Å²) in [6.45, 7) is 5.06. The number of nitrogens with zero attached hydrogens (tertiary/aromatic N) is 4. The lowest BCUT2D eigenvalue weighted by atomic mass is 9.85. The summed E-state index contributed by atoms with van der Waals surface area (Å²) >= 11 is 0. The number of aryl methyl sites for hydroxylation is 1. The molecule has 0 spiro atoms. The fourth-order valence-electron chi connectivity index (χ4n) is 5.50. The number of carbonyl (C=O) groups is 2. The van der Waals surface area contributed by atoms with Crippen molar-refractivity contribution in [1.29, 1.82) is 5.26 Å². The van der Waals surface area contributed by atoms with Crippen molar-refractivity contribution in [2.45, 2.75) is 51.4 Å². The van der Waals surface area contributed by atoms with Crippen LogP contribution in [-0.2, 0) is 23.3 Å². The Morgan fingerprint density at radius 1 is 1.24 bits per heavy atom. The van der Waals surface area contributed by atoms with E-state index < -0.39 is 29.4 Å². The van der Waals surface area contributed by atoms with Crippen molar-refractivity contribution in [3.63, 3.8) is 0 Å². The molecule has 0 saturated carbocycles. The molecule has 3 unspecified atom stereocenters. The first-order valence-electron chi connectivity index (χ1n) is 14.2. The van der Waals surface area contributed by atoms with E-state index in [9.17, 15) is 20.0 Å². The third-order valence-electron chi connectivity index (χ3n) is 8.05. The van der Waals surface area contributed by atoms with Crippen molar-refractivity contribution in [1.82, 2.24) is 20.0 Å². The predicted molar refractivity (Wildman–Crippen MR) is 158 cm³/mol. The number of anilines is 1. The molecule has 0 bridgehead atoms. The monoisotopic (exact) mass is 575 g/mol. The lowest BCUT2D eigenvalue weighted by Crippen LogP contribution is -2.58. The number of nitrogens with one attached hydrogen (secondary N) is 2. The smallest absolute Gasteiger partial charge is 0.254 e. The van der Waals surface area contributed by atoms with Crippen molar-refractivity contribution in [2.24, 2.45) is 11.7 Å². The van der Waals surface area contributed by atoms with Gasteiger partial charge in [0.1, 0.15) is 28.9 Å². The van der Waals surface area contributed by atoms with Crippen LogP contribution in [0.5, 0.6) is 5.75 Å². The third kappa shape index (κ3) is 6.30. The molecule has 1 fully saturated rings. The van der Waals surface area contributed by atoms with Crippen molar-refractivity contribution < 1.29 is 19.1 Å². The molecule has 5 N–H and O–H groups in total. The number of phenolic OH excluding ortho intramolecular Hbond substituents is 1. The molecule has 1 aliphatic heterocycles. The molecule has 1 aromatic heterocycles. The second-order valence-electron chi connectivity index (χ2n) is 10.8. The van der Waals surface area contributed by atoms with E-state index in [1.54, 1.807) is 20.0 Å². The molecule has 42 heavy (non-hydrogen) atoms. The minimum Gasteiger partial charge on any atom is -0.507 e. The highest BCUT2D eigenvalue weighted by Gasteiger charge is 2.46. The Labute approximate surface area is 245 Å². The first kappa shape index (κ1) is 30.7. The zero-order valence-electron chi connectivity index (χ0n) is 24.2. The van der Waals surface area contributed by atoms with E-state index in [0.717, 1.165) is 23.1 Å². The lowest BCUT2D eigenvalue weighted by Gasteiger charge is -2.44. The highest BCUT2D eigenvalue weighted by Crippen LogP contribution is 2.35. The topological polar surface area (TPSA) is 149 Å². The molecular weight excluding hydrogens is 537 g/mol.